The van der Waals surface area contributed by atoms with Gasteiger partial charge in [-0.2, -0.15) is 0 Å². The number of anilines is 1. The van der Waals surface area contributed by atoms with E-state index in [1.54, 1.807) is 0 Å². The van der Waals surface area contributed by atoms with Crippen molar-refractivity contribution >= 4 is 28.6 Å². The fourth-order valence-electron chi connectivity index (χ4n) is 9.11. The van der Waals surface area contributed by atoms with E-state index in [0.717, 1.165) is 23.1 Å². The van der Waals surface area contributed by atoms with Gasteiger partial charge in [-0.25, -0.2) is 0 Å². The van der Waals surface area contributed by atoms with E-state index < -0.39 is 0 Å². The van der Waals surface area contributed by atoms with Crippen molar-refractivity contribution < 1.29 is 0 Å². The second-order valence-electron chi connectivity index (χ2n) is 13.2. The molecule has 4 unspecified atom stereocenters. The number of allylic oxidation sites excluding steroid dienone is 13. The fourth-order valence-corrected chi connectivity index (χ4v) is 9.11. The lowest BCUT2D eigenvalue weighted by molar-refractivity contribution is 0.390. The number of fused-ring (bicyclic) bond motifs is 1. The summed E-state index contributed by atoms with van der Waals surface area (Å²) in [5.41, 5.74) is 6.00. The third-order valence-corrected chi connectivity index (χ3v) is 11.0. The maximum Gasteiger partial charge on any atom is 0.0431 e. The van der Waals surface area contributed by atoms with E-state index in [1.807, 2.05) is 26.0 Å². The van der Waals surface area contributed by atoms with E-state index >= 15 is 0 Å². The van der Waals surface area contributed by atoms with E-state index in [0.29, 0.717) is 17.9 Å². The SMILES string of the molecule is C=C/C=c1/cccc/c1=C/CN(C(/C=C\CN(C)C1=C2C=CC=CC23CC32C3C=CC=CC132)=C/C=C)c1ccc2ccccc2c1.CC. The van der Waals surface area contributed by atoms with E-state index in [-0.39, 0.29) is 10.8 Å². The van der Waals surface area contributed by atoms with Crippen LogP contribution < -0.4 is 15.3 Å². The first kappa shape index (κ1) is 31.5. The second kappa shape index (κ2) is 12.5. The van der Waals surface area contributed by atoms with Crippen LogP contribution in [0.1, 0.15) is 20.3 Å². The molecule has 0 amide bonds. The molecule has 5 aliphatic carbocycles. The minimum atomic E-state index is 0.139. The average molecular weight is 627 g/mol. The van der Waals surface area contributed by atoms with Crippen molar-refractivity contribution in [3.05, 3.63) is 186 Å². The Hall–Kier alpha value is -5.08. The summed E-state index contributed by atoms with van der Waals surface area (Å²) in [5, 5.41) is 4.82. The van der Waals surface area contributed by atoms with Gasteiger partial charge in [0.1, 0.15) is 0 Å². The summed E-state index contributed by atoms with van der Waals surface area (Å²) in [6, 6.07) is 23.8. The number of benzene rings is 3. The smallest absolute Gasteiger partial charge is 0.0431 e. The highest BCUT2D eigenvalue weighted by molar-refractivity contribution is 5.86. The predicted octanol–water partition coefficient (Wildman–Crippen LogP) is 9.19. The van der Waals surface area contributed by atoms with Crippen molar-refractivity contribution in [1.82, 2.24) is 4.90 Å². The van der Waals surface area contributed by atoms with Gasteiger partial charge in [0.05, 0.1) is 0 Å². The largest absolute Gasteiger partial charge is 0.373 e. The predicted molar refractivity (Wildman–Crippen MR) is 207 cm³/mol. The highest BCUT2D eigenvalue weighted by Crippen LogP contribution is 3.00. The molecular weight excluding hydrogens is 581 g/mol. The van der Waals surface area contributed by atoms with Crippen molar-refractivity contribution in [2.75, 3.05) is 25.0 Å². The Morgan fingerprint density at radius 2 is 1.62 bits per heavy atom. The van der Waals surface area contributed by atoms with Crippen molar-refractivity contribution in [2.45, 2.75) is 20.3 Å². The normalized spacial score (nSPS) is 27.6. The lowest BCUT2D eigenvalue weighted by atomic mass is 9.85. The highest BCUT2D eigenvalue weighted by Gasteiger charge is 2.96. The molecule has 3 aromatic rings. The Morgan fingerprint density at radius 1 is 0.854 bits per heavy atom. The first-order chi connectivity index (χ1) is 23.6. The van der Waals surface area contributed by atoms with Gasteiger partial charge < -0.3 is 9.80 Å². The van der Waals surface area contributed by atoms with Crippen molar-refractivity contribution in [2.24, 2.45) is 22.2 Å². The fraction of sp³-hybridized carbons (Fsp3) is 0.217. The van der Waals surface area contributed by atoms with Gasteiger partial charge in [0.25, 0.3) is 0 Å². The van der Waals surface area contributed by atoms with Gasteiger partial charge in [-0.3, -0.25) is 0 Å². The molecule has 2 fully saturated rings. The third kappa shape index (κ3) is 4.61. The number of likely N-dealkylation sites (N-methyl/N-ethyl adjacent to an activating group) is 1. The van der Waals surface area contributed by atoms with Crippen molar-refractivity contribution in [3.8, 4) is 0 Å². The van der Waals surface area contributed by atoms with Crippen LogP contribution in [0, 0.1) is 22.2 Å². The molecule has 2 heteroatoms. The van der Waals surface area contributed by atoms with Crippen LogP contribution in [0.15, 0.2) is 176 Å². The molecule has 0 heterocycles. The maximum atomic E-state index is 4.10. The van der Waals surface area contributed by atoms with Gasteiger partial charge in [0.2, 0.25) is 0 Å². The Morgan fingerprint density at radius 3 is 2.44 bits per heavy atom. The standard InChI is InChI=1S/C44H40N2.C2H6/c1-4-15-33-17-6-7-19-35(33)26-30-46(38-25-24-34-18-8-9-20-36(34)31-38)37(16-5-2)21-14-29-45(3)41-39-22-10-12-27-42(39)32-44(42)40-23-11-13-28-43(40,41)44;1-2/h4-28,31,40H,1-2,29-30,32H2,3H3;1-2H3/b21-14-,33-15-,35-26-,37-16+;. The van der Waals surface area contributed by atoms with Gasteiger partial charge in [-0.15, -0.1) is 0 Å². The number of rotatable bonds is 10. The lowest BCUT2D eigenvalue weighted by Crippen LogP contribution is -2.29. The Labute approximate surface area is 286 Å². The summed E-state index contributed by atoms with van der Waals surface area (Å²) in [6.07, 6.45) is 35.0. The van der Waals surface area contributed by atoms with Crippen LogP contribution >= 0.6 is 0 Å². The van der Waals surface area contributed by atoms with Gasteiger partial charge in [0, 0.05) is 59.4 Å². The Bertz CT molecular complexity index is 2120. The molecule has 240 valence electrons. The average Bonchev–Trinajstić information content (AvgIpc) is 3.96. The van der Waals surface area contributed by atoms with Crippen LogP contribution in [0.5, 0.6) is 0 Å². The molecule has 4 atom stereocenters. The minimum absolute atomic E-state index is 0.139. The number of hydrogen-bond donors (Lipinski definition) is 0. The molecule has 3 aromatic carbocycles. The topological polar surface area (TPSA) is 6.48 Å². The summed E-state index contributed by atoms with van der Waals surface area (Å²) < 4.78 is 0. The Balaban J connectivity index is 0.00000179. The molecule has 0 N–H and O–H groups in total. The summed E-state index contributed by atoms with van der Waals surface area (Å²) in [4.78, 5) is 4.89. The number of hydrogen-bond acceptors (Lipinski definition) is 2. The summed E-state index contributed by atoms with van der Waals surface area (Å²) in [7, 11) is 2.28. The number of nitrogens with zero attached hydrogens (tertiary/aromatic N) is 2. The quantitative estimate of drug-likeness (QED) is 0.207. The summed E-state index contributed by atoms with van der Waals surface area (Å²) in [6.45, 7) is 13.6. The molecule has 2 saturated carbocycles. The zero-order chi connectivity index (χ0) is 33.4. The zero-order valence-electron chi connectivity index (χ0n) is 28.5. The minimum Gasteiger partial charge on any atom is -0.373 e. The maximum absolute atomic E-state index is 4.10. The van der Waals surface area contributed by atoms with Gasteiger partial charge >= 0.3 is 0 Å². The van der Waals surface area contributed by atoms with E-state index in [9.17, 15) is 0 Å². The lowest BCUT2D eigenvalue weighted by Gasteiger charge is -2.31. The summed E-state index contributed by atoms with van der Waals surface area (Å²) >= 11 is 0. The van der Waals surface area contributed by atoms with Crippen LogP contribution in [0.3, 0.4) is 0 Å². The third-order valence-electron chi connectivity index (χ3n) is 11.0. The van der Waals surface area contributed by atoms with Crippen LogP contribution in [-0.4, -0.2) is 25.0 Å². The van der Waals surface area contributed by atoms with Crippen LogP contribution in [0.2, 0.25) is 0 Å². The van der Waals surface area contributed by atoms with E-state index in [2.05, 4.69) is 176 Å². The molecule has 5 aliphatic rings. The van der Waals surface area contributed by atoms with Gasteiger partial charge in [0.15, 0.2) is 0 Å². The Kier molecular flexibility index (Phi) is 8.21. The van der Waals surface area contributed by atoms with E-state index in [4.69, 9.17) is 0 Å². The molecule has 0 aromatic heterocycles. The molecule has 0 aliphatic heterocycles. The second-order valence-corrected chi connectivity index (χ2v) is 13.2. The molecule has 0 bridgehead atoms. The van der Waals surface area contributed by atoms with Crippen LogP contribution in [0.25, 0.3) is 22.9 Å². The zero-order valence-corrected chi connectivity index (χ0v) is 28.5. The van der Waals surface area contributed by atoms with Crippen molar-refractivity contribution in [1.29, 1.82) is 0 Å². The van der Waals surface area contributed by atoms with E-state index in [1.165, 1.54) is 33.7 Å². The molecule has 0 radical (unpaired) electrons. The molecule has 3 spiro atoms. The molecular formula is C46H46N2. The molecule has 48 heavy (non-hydrogen) atoms. The van der Waals surface area contributed by atoms with Crippen LogP contribution in [0.4, 0.5) is 5.69 Å². The monoisotopic (exact) mass is 626 g/mol. The molecule has 2 nitrogen and oxygen atoms in total. The van der Waals surface area contributed by atoms with Crippen molar-refractivity contribution in [3.63, 3.8) is 0 Å². The van der Waals surface area contributed by atoms with Crippen LogP contribution in [-0.2, 0) is 0 Å². The molecule has 8 rings (SSSR count). The molecule has 0 saturated heterocycles. The first-order valence-corrected chi connectivity index (χ1v) is 17.4. The van der Waals surface area contributed by atoms with Gasteiger partial charge in [-0.05, 0) is 57.5 Å². The van der Waals surface area contributed by atoms with Gasteiger partial charge in [-0.1, -0.05) is 161 Å². The summed E-state index contributed by atoms with van der Waals surface area (Å²) in [5.74, 6) is 0.614. The highest BCUT2D eigenvalue weighted by atomic mass is 15.2. The first-order valence-electron chi connectivity index (χ1n) is 17.4.